The molecule has 1 aliphatic rings. The van der Waals surface area contributed by atoms with Gasteiger partial charge in [-0.1, -0.05) is 127 Å². The van der Waals surface area contributed by atoms with E-state index >= 15 is 0 Å². The van der Waals surface area contributed by atoms with E-state index in [-0.39, 0.29) is 32.8 Å². The number of nitrogens with zero attached hydrogens (tertiary/aromatic N) is 1. The van der Waals surface area contributed by atoms with Gasteiger partial charge in [0.1, 0.15) is 19.7 Å². The molecule has 0 aromatic carbocycles. The summed E-state index contributed by atoms with van der Waals surface area (Å²) in [5.41, 5.74) is 0. The number of allylic oxidation sites excluding steroid dienone is 8. The Bertz CT molecular complexity index is 897. The Morgan fingerprint density at radius 2 is 0.944 bits per heavy atom. The number of ether oxygens (including phenoxy) is 5. The zero-order valence-electron chi connectivity index (χ0n) is 35.3. The molecule has 7 heteroatoms. The summed E-state index contributed by atoms with van der Waals surface area (Å²) in [5, 5.41) is 0. The predicted octanol–water partition coefficient (Wildman–Crippen LogP) is 12.6. The Morgan fingerprint density at radius 3 is 1.41 bits per heavy atom. The predicted molar refractivity (Wildman–Crippen MR) is 228 cm³/mol. The lowest BCUT2D eigenvalue weighted by molar-refractivity contribution is -0.165. The normalized spacial score (nSPS) is 14.6. The van der Waals surface area contributed by atoms with Gasteiger partial charge in [-0.15, -0.1) is 0 Å². The van der Waals surface area contributed by atoms with Crippen LogP contribution < -0.4 is 0 Å². The van der Waals surface area contributed by atoms with Crippen molar-refractivity contribution >= 4 is 5.97 Å². The molecule has 0 radical (unpaired) electrons. The molecule has 0 saturated carbocycles. The van der Waals surface area contributed by atoms with E-state index in [1.807, 2.05) is 0 Å². The van der Waals surface area contributed by atoms with Gasteiger partial charge in [0.15, 0.2) is 0 Å². The lowest BCUT2D eigenvalue weighted by atomic mass is 10.1. The van der Waals surface area contributed by atoms with Crippen LogP contribution in [0.4, 0.5) is 0 Å². The lowest BCUT2D eigenvalue weighted by Crippen LogP contribution is -2.30. The molecule has 0 amide bonds. The second kappa shape index (κ2) is 42.4. The summed E-state index contributed by atoms with van der Waals surface area (Å²) >= 11 is 0. The molecule has 1 aliphatic heterocycles. The number of hydrogen-bond acceptors (Lipinski definition) is 7. The molecule has 1 saturated heterocycles. The second-order valence-electron chi connectivity index (χ2n) is 15.0. The molecular formula is C47H85NO6. The third kappa shape index (κ3) is 37.2. The van der Waals surface area contributed by atoms with Gasteiger partial charge < -0.3 is 28.6 Å². The largest absolute Gasteiger partial charge is 0.457 e. The third-order valence-electron chi connectivity index (χ3n) is 9.77. The molecular weight excluding hydrogens is 675 g/mol. The van der Waals surface area contributed by atoms with Crippen molar-refractivity contribution < 1.29 is 28.5 Å². The summed E-state index contributed by atoms with van der Waals surface area (Å²) in [7, 11) is 0. The van der Waals surface area contributed by atoms with E-state index in [2.05, 4.69) is 67.4 Å². The summed E-state index contributed by atoms with van der Waals surface area (Å²) in [6, 6.07) is 0. The van der Waals surface area contributed by atoms with Crippen molar-refractivity contribution in [3.63, 3.8) is 0 Å². The number of likely N-dealkylation sites (tertiary alicyclic amines) is 1. The fraction of sp³-hybridized carbons (Fsp3) is 0.809. The highest BCUT2D eigenvalue weighted by Gasteiger charge is 2.17. The van der Waals surface area contributed by atoms with Crippen molar-refractivity contribution in [2.24, 2.45) is 0 Å². The molecule has 7 nitrogen and oxygen atoms in total. The fourth-order valence-corrected chi connectivity index (χ4v) is 6.44. The molecule has 0 aromatic rings. The van der Waals surface area contributed by atoms with Gasteiger partial charge >= 0.3 is 5.97 Å². The first kappa shape index (κ1) is 50.2. The average molecular weight is 760 g/mol. The van der Waals surface area contributed by atoms with Crippen LogP contribution in [0.3, 0.4) is 0 Å². The standard InChI is InChI=1S/C47H85NO6/c1-3-5-7-9-11-13-15-17-19-20-22-24-26-28-30-34-41-51-45-53-43-46(54-47(49)36-35-39-48-37-31-32-38-48)42-52-44-50-40-33-29-27-25-23-21-18-16-14-12-10-8-6-4-2/h11-14,17-19,21,46H,3-10,15-16,20,22-45H2,1-2H3/b13-11-,14-12-,19-17-,21-18-. The smallest absolute Gasteiger partial charge is 0.306 e. The summed E-state index contributed by atoms with van der Waals surface area (Å²) in [6.07, 6.45) is 48.5. The SMILES string of the molecule is CCCCC/C=C\C/C=C\CCCCCCCCOCOCC(COCOCCCCCC/C=C\C/C=C\CCCCC)OC(=O)CCCN1CCCC1. The number of carbonyl (C=O) groups excluding carboxylic acids is 1. The minimum Gasteiger partial charge on any atom is -0.457 e. The van der Waals surface area contributed by atoms with Crippen molar-refractivity contribution in [1.82, 2.24) is 4.90 Å². The maximum Gasteiger partial charge on any atom is 0.306 e. The number of unbranched alkanes of at least 4 members (excludes halogenated alkanes) is 16. The summed E-state index contributed by atoms with van der Waals surface area (Å²) in [4.78, 5) is 15.0. The van der Waals surface area contributed by atoms with Crippen molar-refractivity contribution in [2.75, 3.05) is 59.6 Å². The average Bonchev–Trinajstić information content (AvgIpc) is 3.70. The number of hydrogen-bond donors (Lipinski definition) is 0. The Kier molecular flexibility index (Phi) is 39.4. The van der Waals surface area contributed by atoms with E-state index in [1.165, 1.54) is 116 Å². The van der Waals surface area contributed by atoms with Gasteiger partial charge in [0.25, 0.3) is 0 Å². The van der Waals surface area contributed by atoms with Crippen LogP contribution in [0, 0.1) is 0 Å². The van der Waals surface area contributed by atoms with E-state index < -0.39 is 6.10 Å². The van der Waals surface area contributed by atoms with Crippen LogP contribution in [-0.4, -0.2) is 76.6 Å². The molecule has 0 aliphatic carbocycles. The summed E-state index contributed by atoms with van der Waals surface area (Å²) in [6.45, 7) is 10.0. The third-order valence-corrected chi connectivity index (χ3v) is 9.77. The summed E-state index contributed by atoms with van der Waals surface area (Å²) < 4.78 is 28.7. The van der Waals surface area contributed by atoms with Crippen LogP contribution in [0.1, 0.15) is 181 Å². The zero-order valence-corrected chi connectivity index (χ0v) is 35.3. The van der Waals surface area contributed by atoms with Crippen LogP contribution >= 0.6 is 0 Å². The Labute approximate surface area is 333 Å². The maximum absolute atomic E-state index is 12.6. The molecule has 1 fully saturated rings. The van der Waals surface area contributed by atoms with E-state index in [0.29, 0.717) is 19.6 Å². The Morgan fingerprint density at radius 1 is 0.519 bits per heavy atom. The van der Waals surface area contributed by atoms with Crippen LogP contribution in [0.5, 0.6) is 0 Å². The van der Waals surface area contributed by atoms with Crippen LogP contribution in [-0.2, 0) is 28.5 Å². The van der Waals surface area contributed by atoms with Crippen molar-refractivity contribution in [2.45, 2.75) is 187 Å². The van der Waals surface area contributed by atoms with Gasteiger partial charge in [-0.3, -0.25) is 4.79 Å². The van der Waals surface area contributed by atoms with Gasteiger partial charge in [0.05, 0.1) is 13.2 Å². The molecule has 0 N–H and O–H groups in total. The van der Waals surface area contributed by atoms with Gasteiger partial charge in [-0.05, 0) is 116 Å². The molecule has 1 heterocycles. The molecule has 314 valence electrons. The lowest BCUT2D eigenvalue weighted by Gasteiger charge is -2.19. The number of rotatable bonds is 41. The van der Waals surface area contributed by atoms with E-state index in [4.69, 9.17) is 23.7 Å². The first-order valence-electron chi connectivity index (χ1n) is 22.6. The first-order valence-corrected chi connectivity index (χ1v) is 22.6. The molecule has 1 atom stereocenters. The summed E-state index contributed by atoms with van der Waals surface area (Å²) in [5.74, 6) is -0.191. The van der Waals surface area contributed by atoms with Crippen LogP contribution in [0.25, 0.3) is 0 Å². The zero-order chi connectivity index (χ0) is 38.7. The van der Waals surface area contributed by atoms with Crippen molar-refractivity contribution in [3.8, 4) is 0 Å². The number of carbonyl (C=O) groups is 1. The minimum atomic E-state index is -0.469. The van der Waals surface area contributed by atoms with Crippen molar-refractivity contribution in [3.05, 3.63) is 48.6 Å². The number of esters is 1. The van der Waals surface area contributed by atoms with Gasteiger partial charge in [-0.25, -0.2) is 0 Å². The Balaban J connectivity index is 2.09. The van der Waals surface area contributed by atoms with Gasteiger partial charge in [0, 0.05) is 19.6 Å². The molecule has 1 unspecified atom stereocenters. The highest BCUT2D eigenvalue weighted by atomic mass is 16.7. The highest BCUT2D eigenvalue weighted by molar-refractivity contribution is 5.69. The van der Waals surface area contributed by atoms with E-state index in [0.717, 1.165) is 64.6 Å². The van der Waals surface area contributed by atoms with Crippen molar-refractivity contribution in [1.29, 1.82) is 0 Å². The van der Waals surface area contributed by atoms with Crippen LogP contribution in [0.15, 0.2) is 48.6 Å². The van der Waals surface area contributed by atoms with E-state index in [1.54, 1.807) is 0 Å². The molecule has 0 spiro atoms. The van der Waals surface area contributed by atoms with Crippen LogP contribution in [0.2, 0.25) is 0 Å². The maximum atomic E-state index is 12.6. The topological polar surface area (TPSA) is 66.5 Å². The van der Waals surface area contributed by atoms with Gasteiger partial charge in [-0.2, -0.15) is 0 Å². The molecule has 0 bridgehead atoms. The molecule has 54 heavy (non-hydrogen) atoms. The fourth-order valence-electron chi connectivity index (χ4n) is 6.44. The monoisotopic (exact) mass is 760 g/mol. The minimum absolute atomic E-state index is 0.191. The molecule has 0 aromatic heterocycles. The highest BCUT2D eigenvalue weighted by Crippen LogP contribution is 2.11. The first-order chi connectivity index (χ1) is 26.8. The van der Waals surface area contributed by atoms with Gasteiger partial charge in [0.2, 0.25) is 0 Å². The Hall–Kier alpha value is -1.77. The second-order valence-corrected chi connectivity index (χ2v) is 15.0. The molecule has 1 rings (SSSR count). The quantitative estimate of drug-likeness (QED) is 0.0266. The van der Waals surface area contributed by atoms with E-state index in [9.17, 15) is 4.79 Å².